The molecule has 1 aromatic heterocycles. The molecule has 1 N–H and O–H groups in total. The van der Waals surface area contributed by atoms with Crippen LogP contribution in [0, 0.1) is 13.8 Å². The molecule has 0 bridgehead atoms. The van der Waals surface area contributed by atoms with Gasteiger partial charge in [0.05, 0.1) is 11.9 Å². The lowest BCUT2D eigenvalue weighted by Crippen LogP contribution is -2.22. The van der Waals surface area contributed by atoms with E-state index >= 15 is 0 Å². The summed E-state index contributed by atoms with van der Waals surface area (Å²) in [4.78, 5) is 2.40. The van der Waals surface area contributed by atoms with Gasteiger partial charge in [0.15, 0.2) is 0 Å². The van der Waals surface area contributed by atoms with Gasteiger partial charge in [-0.05, 0) is 44.1 Å². The minimum Gasteiger partial charge on any atom is -0.299 e. The highest BCUT2D eigenvalue weighted by Gasteiger charge is 2.11. The summed E-state index contributed by atoms with van der Waals surface area (Å²) in [5.74, 6) is 0. The molecular weight excluding hydrogens is 234 g/mol. The van der Waals surface area contributed by atoms with Crippen LogP contribution in [-0.4, -0.2) is 28.2 Å². The van der Waals surface area contributed by atoms with Crippen molar-refractivity contribution in [3.63, 3.8) is 0 Å². The Bertz CT molecular complexity index is 539. The zero-order valence-corrected chi connectivity index (χ0v) is 12.3. The maximum Gasteiger partial charge on any atom is 0.0695 e. The van der Waals surface area contributed by atoms with Crippen LogP contribution in [-0.2, 0) is 6.54 Å². The predicted octanol–water partition coefficient (Wildman–Crippen LogP) is 3.54. The van der Waals surface area contributed by atoms with Gasteiger partial charge in [0.1, 0.15) is 0 Å². The van der Waals surface area contributed by atoms with Gasteiger partial charge in [-0.1, -0.05) is 26.0 Å². The van der Waals surface area contributed by atoms with Crippen molar-refractivity contribution in [2.24, 2.45) is 0 Å². The number of nitrogens with one attached hydrogen (secondary N) is 1. The molecule has 2 aromatic rings. The van der Waals surface area contributed by atoms with Crippen molar-refractivity contribution in [3.05, 3.63) is 41.1 Å². The number of rotatable bonds is 5. The van der Waals surface area contributed by atoms with E-state index in [2.05, 4.69) is 61.0 Å². The molecule has 0 fully saturated rings. The van der Waals surface area contributed by atoms with Crippen molar-refractivity contribution in [2.75, 3.05) is 13.1 Å². The highest BCUT2D eigenvalue weighted by atomic mass is 15.1. The van der Waals surface area contributed by atoms with Gasteiger partial charge >= 0.3 is 0 Å². The fraction of sp³-hybridized carbons (Fsp3) is 0.438. The Morgan fingerprint density at radius 2 is 1.84 bits per heavy atom. The van der Waals surface area contributed by atoms with E-state index in [0.29, 0.717) is 0 Å². The molecule has 0 saturated carbocycles. The number of aromatic nitrogens is 2. The third kappa shape index (κ3) is 3.04. The van der Waals surface area contributed by atoms with E-state index in [4.69, 9.17) is 0 Å². The van der Waals surface area contributed by atoms with E-state index in [-0.39, 0.29) is 0 Å². The Labute approximate surface area is 115 Å². The van der Waals surface area contributed by atoms with Gasteiger partial charge < -0.3 is 0 Å². The third-order valence-corrected chi connectivity index (χ3v) is 3.80. The number of nitrogens with zero attached hydrogens (tertiary/aromatic N) is 2. The largest absolute Gasteiger partial charge is 0.299 e. The molecule has 0 atom stereocenters. The van der Waals surface area contributed by atoms with Crippen molar-refractivity contribution in [1.82, 2.24) is 15.1 Å². The predicted molar refractivity (Wildman–Crippen MR) is 80.1 cm³/mol. The lowest BCUT2D eigenvalue weighted by atomic mass is 10.0. The molecule has 0 saturated heterocycles. The molecule has 1 aromatic carbocycles. The highest BCUT2D eigenvalue weighted by molar-refractivity contribution is 5.64. The summed E-state index contributed by atoms with van der Waals surface area (Å²) in [6, 6.07) is 6.57. The summed E-state index contributed by atoms with van der Waals surface area (Å²) in [6.07, 6.45) is 1.95. The highest BCUT2D eigenvalue weighted by Crippen LogP contribution is 2.24. The minimum absolute atomic E-state index is 0.950. The summed E-state index contributed by atoms with van der Waals surface area (Å²) in [5, 5.41) is 7.37. The van der Waals surface area contributed by atoms with E-state index in [1.165, 1.54) is 22.3 Å². The van der Waals surface area contributed by atoms with Crippen LogP contribution in [0.15, 0.2) is 24.4 Å². The Kier molecular flexibility index (Phi) is 4.38. The molecule has 0 spiro atoms. The number of benzene rings is 1. The van der Waals surface area contributed by atoms with Crippen LogP contribution >= 0.6 is 0 Å². The second-order valence-electron chi connectivity index (χ2n) is 5.03. The molecule has 0 aliphatic carbocycles. The fourth-order valence-electron chi connectivity index (χ4n) is 2.27. The molecule has 3 nitrogen and oxygen atoms in total. The van der Waals surface area contributed by atoms with Gasteiger partial charge in [-0.15, -0.1) is 0 Å². The molecule has 0 aliphatic heterocycles. The maximum atomic E-state index is 4.22. The van der Waals surface area contributed by atoms with Crippen LogP contribution in [0.5, 0.6) is 0 Å². The summed E-state index contributed by atoms with van der Waals surface area (Å²) in [5.41, 5.74) is 6.29. The van der Waals surface area contributed by atoms with Gasteiger partial charge in [-0.3, -0.25) is 10.00 Å². The van der Waals surface area contributed by atoms with E-state index in [1.807, 2.05) is 6.20 Å². The topological polar surface area (TPSA) is 31.9 Å². The number of hydrogen-bond acceptors (Lipinski definition) is 2. The third-order valence-electron chi connectivity index (χ3n) is 3.80. The molecule has 102 valence electrons. The summed E-state index contributed by atoms with van der Waals surface area (Å²) < 4.78 is 0. The SMILES string of the molecule is CCN(CC)Cc1cn[nH]c1-c1ccc(C)c(C)c1. The zero-order chi connectivity index (χ0) is 13.8. The normalized spacial score (nSPS) is 11.2. The first-order chi connectivity index (χ1) is 9.15. The van der Waals surface area contributed by atoms with Crippen molar-refractivity contribution in [3.8, 4) is 11.3 Å². The number of H-pyrrole nitrogens is 1. The molecule has 0 amide bonds. The van der Waals surface area contributed by atoms with Crippen molar-refractivity contribution < 1.29 is 0 Å². The molecule has 3 heteroatoms. The van der Waals surface area contributed by atoms with Crippen molar-refractivity contribution in [2.45, 2.75) is 34.2 Å². The lowest BCUT2D eigenvalue weighted by molar-refractivity contribution is 0.296. The number of hydrogen-bond donors (Lipinski definition) is 1. The molecule has 2 rings (SSSR count). The van der Waals surface area contributed by atoms with E-state index in [9.17, 15) is 0 Å². The molecule has 0 aliphatic rings. The monoisotopic (exact) mass is 257 g/mol. The first-order valence-corrected chi connectivity index (χ1v) is 6.97. The smallest absolute Gasteiger partial charge is 0.0695 e. The summed E-state index contributed by atoms with van der Waals surface area (Å²) in [6.45, 7) is 11.8. The first-order valence-electron chi connectivity index (χ1n) is 6.97. The molecule has 0 unspecified atom stereocenters. The van der Waals surface area contributed by atoms with E-state index in [0.717, 1.165) is 25.3 Å². The van der Waals surface area contributed by atoms with Crippen LogP contribution in [0.1, 0.15) is 30.5 Å². The van der Waals surface area contributed by atoms with Crippen molar-refractivity contribution in [1.29, 1.82) is 0 Å². The van der Waals surface area contributed by atoms with Crippen LogP contribution < -0.4 is 0 Å². The Morgan fingerprint density at radius 1 is 1.11 bits per heavy atom. The second-order valence-corrected chi connectivity index (χ2v) is 5.03. The van der Waals surface area contributed by atoms with Crippen molar-refractivity contribution >= 4 is 0 Å². The molecule has 0 radical (unpaired) electrons. The van der Waals surface area contributed by atoms with Gasteiger partial charge in [0, 0.05) is 17.7 Å². The first kappa shape index (κ1) is 13.8. The van der Waals surface area contributed by atoms with Gasteiger partial charge in [-0.2, -0.15) is 5.10 Å². The number of aryl methyl sites for hydroxylation is 2. The number of aromatic amines is 1. The summed E-state index contributed by atoms with van der Waals surface area (Å²) in [7, 11) is 0. The molecule has 19 heavy (non-hydrogen) atoms. The average Bonchev–Trinajstić information content (AvgIpc) is 2.87. The fourth-order valence-corrected chi connectivity index (χ4v) is 2.27. The molecular formula is C16H23N3. The van der Waals surface area contributed by atoms with Gasteiger partial charge in [0.2, 0.25) is 0 Å². The maximum absolute atomic E-state index is 4.22. The van der Waals surface area contributed by atoms with Crippen LogP contribution in [0.3, 0.4) is 0 Å². The van der Waals surface area contributed by atoms with Gasteiger partial charge in [-0.25, -0.2) is 0 Å². The second kappa shape index (κ2) is 6.02. The quantitative estimate of drug-likeness (QED) is 0.888. The molecule has 1 heterocycles. The van der Waals surface area contributed by atoms with Crippen LogP contribution in [0.2, 0.25) is 0 Å². The van der Waals surface area contributed by atoms with Crippen LogP contribution in [0.4, 0.5) is 0 Å². The summed E-state index contributed by atoms with van der Waals surface area (Å²) >= 11 is 0. The van der Waals surface area contributed by atoms with E-state index < -0.39 is 0 Å². The van der Waals surface area contributed by atoms with Gasteiger partial charge in [0.25, 0.3) is 0 Å². The Morgan fingerprint density at radius 3 is 2.47 bits per heavy atom. The Hall–Kier alpha value is -1.61. The minimum atomic E-state index is 0.950. The van der Waals surface area contributed by atoms with E-state index in [1.54, 1.807) is 0 Å². The average molecular weight is 257 g/mol. The van der Waals surface area contributed by atoms with Crippen LogP contribution in [0.25, 0.3) is 11.3 Å². The zero-order valence-electron chi connectivity index (χ0n) is 12.3. The Balaban J connectivity index is 2.30. The lowest BCUT2D eigenvalue weighted by Gasteiger charge is -2.17. The standard InChI is InChI=1S/C16H23N3/c1-5-19(6-2)11-15-10-17-18-16(15)14-8-7-12(3)13(4)9-14/h7-10H,5-6,11H2,1-4H3,(H,17,18).